The first-order valence-electron chi connectivity index (χ1n) is 8.67. The molecular weight excluding hydrogens is 440 g/mol. The first-order chi connectivity index (χ1) is 13.8. The Bertz CT molecular complexity index is 1060. The predicted molar refractivity (Wildman–Crippen MR) is 112 cm³/mol. The second-order valence-corrected chi connectivity index (χ2v) is 7.31. The zero-order valence-electron chi connectivity index (χ0n) is 16.3. The Labute approximate surface area is 176 Å². The molecule has 150 valence electrons. The predicted octanol–water partition coefficient (Wildman–Crippen LogP) is 3.75. The normalized spacial score (nSPS) is 15.6. The molecule has 1 aliphatic heterocycles. The number of imide groups is 2. The Morgan fingerprint density at radius 2 is 1.66 bits per heavy atom. The van der Waals surface area contributed by atoms with E-state index in [4.69, 9.17) is 9.47 Å². The molecule has 2 aromatic rings. The van der Waals surface area contributed by atoms with Crippen LogP contribution >= 0.6 is 15.9 Å². The fourth-order valence-corrected chi connectivity index (χ4v) is 3.43. The fraction of sp³-hybridized carbons (Fsp3) is 0.190. The minimum atomic E-state index is -0.789. The number of nitrogens with zero attached hydrogens (tertiary/aromatic N) is 1. The molecule has 4 amide bonds. The minimum absolute atomic E-state index is 0.182. The van der Waals surface area contributed by atoms with Gasteiger partial charge in [0, 0.05) is 11.6 Å². The average Bonchev–Trinajstić information content (AvgIpc) is 2.67. The summed E-state index contributed by atoms with van der Waals surface area (Å²) in [5.41, 5.74) is 2.63. The second-order valence-electron chi connectivity index (χ2n) is 6.46. The lowest BCUT2D eigenvalue weighted by Gasteiger charge is -2.27. The van der Waals surface area contributed by atoms with Crippen molar-refractivity contribution < 1.29 is 23.9 Å². The molecule has 0 bridgehead atoms. The average molecular weight is 459 g/mol. The highest BCUT2D eigenvalue weighted by Crippen LogP contribution is 2.34. The summed E-state index contributed by atoms with van der Waals surface area (Å²) >= 11 is 3.38. The third-order valence-corrected chi connectivity index (χ3v) is 5.27. The summed E-state index contributed by atoms with van der Waals surface area (Å²) in [6, 6.07) is 7.72. The van der Waals surface area contributed by atoms with Gasteiger partial charge in [0.25, 0.3) is 11.8 Å². The Hall–Kier alpha value is -3.13. The molecule has 1 fully saturated rings. The van der Waals surface area contributed by atoms with Crippen LogP contribution in [0.1, 0.15) is 16.7 Å². The fourth-order valence-electron chi connectivity index (χ4n) is 2.91. The van der Waals surface area contributed by atoms with Gasteiger partial charge in [-0.2, -0.15) is 0 Å². The maximum absolute atomic E-state index is 13.1. The van der Waals surface area contributed by atoms with Crippen LogP contribution in [0.5, 0.6) is 11.5 Å². The van der Waals surface area contributed by atoms with Crippen molar-refractivity contribution in [2.45, 2.75) is 13.8 Å². The van der Waals surface area contributed by atoms with Crippen LogP contribution in [0.2, 0.25) is 0 Å². The molecule has 7 nitrogen and oxygen atoms in total. The van der Waals surface area contributed by atoms with Gasteiger partial charge in [-0.25, -0.2) is 9.69 Å². The van der Waals surface area contributed by atoms with Gasteiger partial charge in [-0.1, -0.05) is 6.07 Å². The van der Waals surface area contributed by atoms with E-state index in [2.05, 4.69) is 21.2 Å². The smallest absolute Gasteiger partial charge is 0.335 e. The van der Waals surface area contributed by atoms with E-state index >= 15 is 0 Å². The number of ether oxygens (including phenoxy) is 2. The number of aryl methyl sites for hydroxylation is 2. The molecular formula is C21H19BrN2O5. The first kappa shape index (κ1) is 20.6. The highest BCUT2D eigenvalue weighted by atomic mass is 79.9. The standard InChI is InChI=1S/C21H19BrN2O5/c1-11-5-6-14(7-12(11)2)24-20(26)15(19(25)23-21(24)27)8-13-9-16(22)18(29-4)10-17(13)28-3/h5-10H,1-4H3,(H,23,25,27). The van der Waals surface area contributed by atoms with Crippen LogP contribution in [-0.4, -0.2) is 32.1 Å². The number of halogens is 1. The van der Waals surface area contributed by atoms with Crippen LogP contribution in [0.3, 0.4) is 0 Å². The van der Waals surface area contributed by atoms with Crippen molar-refractivity contribution in [1.29, 1.82) is 0 Å². The third kappa shape index (κ3) is 3.88. The van der Waals surface area contributed by atoms with E-state index in [1.807, 2.05) is 19.9 Å². The number of anilines is 1. The van der Waals surface area contributed by atoms with Crippen LogP contribution in [0.15, 0.2) is 40.4 Å². The van der Waals surface area contributed by atoms with Gasteiger partial charge in [-0.15, -0.1) is 0 Å². The Morgan fingerprint density at radius 1 is 0.966 bits per heavy atom. The molecule has 1 aliphatic rings. The van der Waals surface area contributed by atoms with Gasteiger partial charge in [-0.3, -0.25) is 14.9 Å². The van der Waals surface area contributed by atoms with E-state index in [9.17, 15) is 14.4 Å². The summed E-state index contributed by atoms with van der Waals surface area (Å²) in [7, 11) is 2.99. The molecule has 8 heteroatoms. The summed E-state index contributed by atoms with van der Waals surface area (Å²) < 4.78 is 11.2. The van der Waals surface area contributed by atoms with Crippen molar-refractivity contribution >= 4 is 45.5 Å². The highest BCUT2D eigenvalue weighted by molar-refractivity contribution is 9.10. The number of hydrogen-bond donors (Lipinski definition) is 1. The van der Waals surface area contributed by atoms with Crippen molar-refractivity contribution in [3.63, 3.8) is 0 Å². The maximum atomic E-state index is 13.1. The molecule has 0 unspecified atom stereocenters. The van der Waals surface area contributed by atoms with Crippen LogP contribution in [-0.2, 0) is 9.59 Å². The number of hydrogen-bond acceptors (Lipinski definition) is 5. The highest BCUT2D eigenvalue weighted by Gasteiger charge is 2.37. The van der Waals surface area contributed by atoms with E-state index in [0.717, 1.165) is 16.0 Å². The van der Waals surface area contributed by atoms with Crippen molar-refractivity contribution in [1.82, 2.24) is 5.32 Å². The van der Waals surface area contributed by atoms with Gasteiger partial charge in [0.15, 0.2) is 0 Å². The van der Waals surface area contributed by atoms with Crippen molar-refractivity contribution in [3.8, 4) is 11.5 Å². The SMILES string of the molecule is COc1cc(OC)c(C=C2C(=O)NC(=O)N(c3ccc(C)c(C)c3)C2=O)cc1Br. The molecule has 1 N–H and O–H groups in total. The van der Waals surface area contributed by atoms with Crippen molar-refractivity contribution in [2.24, 2.45) is 0 Å². The second kappa shape index (κ2) is 8.08. The molecule has 1 saturated heterocycles. The van der Waals surface area contributed by atoms with Gasteiger partial charge in [0.05, 0.1) is 24.4 Å². The van der Waals surface area contributed by atoms with Gasteiger partial charge in [-0.05, 0) is 65.2 Å². The summed E-state index contributed by atoms with van der Waals surface area (Å²) in [5.74, 6) is -0.534. The van der Waals surface area contributed by atoms with Crippen LogP contribution in [0.25, 0.3) is 6.08 Å². The Balaban J connectivity index is 2.08. The zero-order valence-corrected chi connectivity index (χ0v) is 17.9. The summed E-state index contributed by atoms with van der Waals surface area (Å²) in [6.45, 7) is 3.81. The van der Waals surface area contributed by atoms with E-state index in [1.54, 1.807) is 24.3 Å². The number of amides is 4. The third-order valence-electron chi connectivity index (χ3n) is 4.65. The Morgan fingerprint density at radius 3 is 2.28 bits per heavy atom. The number of benzene rings is 2. The molecule has 3 rings (SSSR count). The monoisotopic (exact) mass is 458 g/mol. The molecule has 0 aromatic heterocycles. The molecule has 0 saturated carbocycles. The molecule has 1 heterocycles. The quantitative estimate of drug-likeness (QED) is 0.556. The Kier molecular flexibility index (Phi) is 5.74. The number of urea groups is 1. The number of rotatable bonds is 4. The van der Waals surface area contributed by atoms with Gasteiger partial charge in [0.1, 0.15) is 17.1 Å². The lowest BCUT2D eigenvalue weighted by molar-refractivity contribution is -0.122. The summed E-state index contributed by atoms with van der Waals surface area (Å²) in [6.07, 6.45) is 1.39. The largest absolute Gasteiger partial charge is 0.496 e. The number of carbonyl (C=O) groups excluding carboxylic acids is 3. The van der Waals surface area contributed by atoms with Crippen LogP contribution in [0.4, 0.5) is 10.5 Å². The van der Waals surface area contributed by atoms with E-state index in [0.29, 0.717) is 27.2 Å². The summed E-state index contributed by atoms with van der Waals surface area (Å²) in [5, 5.41) is 2.22. The van der Waals surface area contributed by atoms with Crippen molar-refractivity contribution in [2.75, 3.05) is 19.1 Å². The van der Waals surface area contributed by atoms with Crippen LogP contribution in [0, 0.1) is 13.8 Å². The molecule has 29 heavy (non-hydrogen) atoms. The lowest BCUT2D eigenvalue weighted by Crippen LogP contribution is -2.54. The lowest BCUT2D eigenvalue weighted by atomic mass is 10.0. The molecule has 0 spiro atoms. The molecule has 0 atom stereocenters. The zero-order chi connectivity index (χ0) is 21.3. The van der Waals surface area contributed by atoms with E-state index in [-0.39, 0.29) is 5.57 Å². The van der Waals surface area contributed by atoms with Gasteiger partial charge < -0.3 is 9.47 Å². The number of methoxy groups -OCH3 is 2. The minimum Gasteiger partial charge on any atom is -0.496 e. The van der Waals surface area contributed by atoms with Gasteiger partial charge >= 0.3 is 6.03 Å². The summed E-state index contributed by atoms with van der Waals surface area (Å²) in [4.78, 5) is 38.8. The van der Waals surface area contributed by atoms with Crippen LogP contribution < -0.4 is 19.7 Å². The number of barbiturate groups is 1. The van der Waals surface area contributed by atoms with E-state index in [1.165, 1.54) is 20.3 Å². The number of carbonyl (C=O) groups is 3. The number of nitrogens with one attached hydrogen (secondary N) is 1. The molecule has 0 aliphatic carbocycles. The van der Waals surface area contributed by atoms with Crippen molar-refractivity contribution in [3.05, 3.63) is 57.1 Å². The van der Waals surface area contributed by atoms with Gasteiger partial charge in [0.2, 0.25) is 0 Å². The molecule has 2 aromatic carbocycles. The molecule has 0 radical (unpaired) electrons. The van der Waals surface area contributed by atoms with E-state index < -0.39 is 17.8 Å². The first-order valence-corrected chi connectivity index (χ1v) is 9.46. The maximum Gasteiger partial charge on any atom is 0.335 e. The topological polar surface area (TPSA) is 84.9 Å².